The molecule has 0 heterocycles. The predicted octanol–water partition coefficient (Wildman–Crippen LogP) is 5.48. The molecule has 0 saturated carbocycles. The second-order valence-corrected chi connectivity index (χ2v) is 8.92. The first-order valence-electron chi connectivity index (χ1n) is 11.0. The highest BCUT2D eigenvalue weighted by atomic mass is 16.5. The number of benzene rings is 3. The van der Waals surface area contributed by atoms with Crippen molar-refractivity contribution in [1.29, 1.82) is 0 Å². The molecule has 3 rings (SSSR count). The van der Waals surface area contributed by atoms with Crippen LogP contribution in [0.2, 0.25) is 0 Å². The van der Waals surface area contributed by atoms with E-state index in [9.17, 15) is 9.59 Å². The van der Waals surface area contributed by atoms with Crippen LogP contribution in [0.25, 0.3) is 0 Å². The number of ether oxygens (including phenoxy) is 1. The van der Waals surface area contributed by atoms with Crippen molar-refractivity contribution in [3.8, 4) is 0 Å². The van der Waals surface area contributed by atoms with Crippen LogP contribution < -0.4 is 5.32 Å². The van der Waals surface area contributed by atoms with Crippen LogP contribution in [-0.4, -0.2) is 25.0 Å². The highest BCUT2D eigenvalue weighted by Crippen LogP contribution is 2.27. The maximum Gasteiger partial charge on any atom is 0.338 e. The number of nitrogens with one attached hydrogen (secondary N) is 1. The average Bonchev–Trinajstić information content (AvgIpc) is 2.81. The van der Waals surface area contributed by atoms with E-state index in [-0.39, 0.29) is 23.8 Å². The molecular weight excluding hydrogens is 398 g/mol. The van der Waals surface area contributed by atoms with E-state index in [4.69, 9.17) is 4.74 Å². The van der Waals surface area contributed by atoms with Crippen LogP contribution in [0.15, 0.2) is 84.9 Å². The van der Waals surface area contributed by atoms with Crippen molar-refractivity contribution in [2.45, 2.75) is 38.5 Å². The molecule has 0 aliphatic heterocycles. The summed E-state index contributed by atoms with van der Waals surface area (Å²) in [6, 6.07) is 27.8. The third-order valence-corrected chi connectivity index (χ3v) is 5.48. The minimum atomic E-state index is -0.493. The zero-order valence-corrected chi connectivity index (χ0v) is 19.0. The molecule has 0 aliphatic rings. The standard InChI is InChI=1S/C28H31NO3/c1-28(2,3)24-16-14-23(15-17-24)27(31)32-20-26(30)29-19-18-25(21-10-6-4-7-11-21)22-12-8-5-9-13-22/h4-17,25H,18-20H2,1-3H3,(H,29,30). The zero-order valence-electron chi connectivity index (χ0n) is 19.0. The summed E-state index contributed by atoms with van der Waals surface area (Å²) < 4.78 is 5.19. The Bertz CT molecular complexity index is 967. The molecule has 1 amide bonds. The zero-order chi connectivity index (χ0) is 23.0. The van der Waals surface area contributed by atoms with Gasteiger partial charge < -0.3 is 10.1 Å². The molecule has 0 saturated heterocycles. The van der Waals surface area contributed by atoms with E-state index in [2.05, 4.69) is 50.4 Å². The fourth-order valence-corrected chi connectivity index (χ4v) is 3.62. The van der Waals surface area contributed by atoms with Gasteiger partial charge in [-0.3, -0.25) is 4.79 Å². The summed E-state index contributed by atoms with van der Waals surface area (Å²) in [5.41, 5.74) is 4.01. The number of carbonyl (C=O) groups is 2. The minimum Gasteiger partial charge on any atom is -0.452 e. The number of amides is 1. The van der Waals surface area contributed by atoms with E-state index < -0.39 is 5.97 Å². The number of hydrogen-bond acceptors (Lipinski definition) is 3. The van der Waals surface area contributed by atoms with Gasteiger partial charge in [-0.25, -0.2) is 4.79 Å². The number of esters is 1. The van der Waals surface area contributed by atoms with Crippen molar-refractivity contribution in [3.63, 3.8) is 0 Å². The van der Waals surface area contributed by atoms with Crippen LogP contribution in [0.3, 0.4) is 0 Å². The summed E-state index contributed by atoms with van der Waals surface area (Å²) in [6.07, 6.45) is 0.752. The van der Waals surface area contributed by atoms with E-state index in [0.29, 0.717) is 12.1 Å². The van der Waals surface area contributed by atoms with E-state index in [1.807, 2.05) is 48.5 Å². The lowest BCUT2D eigenvalue weighted by Gasteiger charge is -2.19. The molecule has 4 nitrogen and oxygen atoms in total. The molecule has 0 bridgehead atoms. The van der Waals surface area contributed by atoms with Gasteiger partial charge in [0.2, 0.25) is 0 Å². The Morgan fingerprint density at radius 2 is 1.34 bits per heavy atom. The third-order valence-electron chi connectivity index (χ3n) is 5.48. The molecule has 0 atom stereocenters. The maximum absolute atomic E-state index is 12.3. The van der Waals surface area contributed by atoms with E-state index >= 15 is 0 Å². The quantitative estimate of drug-likeness (QED) is 0.483. The van der Waals surface area contributed by atoms with Crippen molar-refractivity contribution in [3.05, 3.63) is 107 Å². The first-order valence-corrected chi connectivity index (χ1v) is 11.0. The van der Waals surface area contributed by atoms with Crippen LogP contribution in [0, 0.1) is 0 Å². The Morgan fingerprint density at radius 1 is 0.812 bits per heavy atom. The first kappa shape index (κ1) is 23.3. The lowest BCUT2D eigenvalue weighted by Crippen LogP contribution is -2.30. The van der Waals surface area contributed by atoms with Gasteiger partial charge in [0.15, 0.2) is 6.61 Å². The van der Waals surface area contributed by atoms with Gasteiger partial charge in [0.05, 0.1) is 5.56 Å². The molecule has 0 radical (unpaired) electrons. The lowest BCUT2D eigenvalue weighted by molar-refractivity contribution is -0.124. The number of hydrogen-bond donors (Lipinski definition) is 1. The fraction of sp³-hybridized carbons (Fsp3) is 0.286. The summed E-state index contributed by atoms with van der Waals surface area (Å²) in [4.78, 5) is 24.5. The minimum absolute atomic E-state index is 0.0136. The van der Waals surface area contributed by atoms with Crippen LogP contribution in [-0.2, 0) is 14.9 Å². The highest BCUT2D eigenvalue weighted by Gasteiger charge is 2.16. The predicted molar refractivity (Wildman–Crippen MR) is 128 cm³/mol. The highest BCUT2D eigenvalue weighted by molar-refractivity contribution is 5.91. The smallest absolute Gasteiger partial charge is 0.338 e. The molecule has 0 unspecified atom stereocenters. The molecule has 0 spiro atoms. The monoisotopic (exact) mass is 429 g/mol. The maximum atomic E-state index is 12.3. The van der Waals surface area contributed by atoms with E-state index in [1.165, 1.54) is 11.1 Å². The van der Waals surface area contributed by atoms with Crippen molar-refractivity contribution < 1.29 is 14.3 Å². The van der Waals surface area contributed by atoms with E-state index in [0.717, 1.165) is 12.0 Å². The SMILES string of the molecule is CC(C)(C)c1ccc(C(=O)OCC(=O)NCCC(c2ccccc2)c2ccccc2)cc1. The second-order valence-electron chi connectivity index (χ2n) is 8.92. The number of carbonyl (C=O) groups excluding carboxylic acids is 2. The van der Waals surface area contributed by atoms with Gasteiger partial charge in [-0.2, -0.15) is 0 Å². The van der Waals surface area contributed by atoms with Gasteiger partial charge in [-0.05, 0) is 40.7 Å². The fourth-order valence-electron chi connectivity index (χ4n) is 3.62. The number of rotatable bonds is 8. The molecule has 166 valence electrons. The average molecular weight is 430 g/mol. The van der Waals surface area contributed by atoms with Crippen molar-refractivity contribution in [2.24, 2.45) is 0 Å². The molecule has 32 heavy (non-hydrogen) atoms. The largest absolute Gasteiger partial charge is 0.452 e. The third kappa shape index (κ3) is 6.55. The second kappa shape index (κ2) is 10.8. The topological polar surface area (TPSA) is 55.4 Å². The van der Waals surface area contributed by atoms with E-state index in [1.54, 1.807) is 12.1 Å². The summed E-state index contributed by atoms with van der Waals surface area (Å²) in [6.45, 7) is 6.55. The molecule has 3 aromatic rings. The van der Waals surface area contributed by atoms with Crippen LogP contribution in [0.5, 0.6) is 0 Å². The molecule has 3 aromatic carbocycles. The molecule has 1 N–H and O–H groups in total. The Labute approximate surface area is 190 Å². The van der Waals surface area contributed by atoms with Gasteiger partial charge in [-0.15, -0.1) is 0 Å². The van der Waals surface area contributed by atoms with Crippen LogP contribution >= 0.6 is 0 Å². The summed E-state index contributed by atoms with van der Waals surface area (Å²) in [7, 11) is 0. The van der Waals surface area contributed by atoms with Crippen LogP contribution in [0.1, 0.15) is 60.2 Å². The Hall–Kier alpha value is -3.40. The first-order chi connectivity index (χ1) is 15.3. The van der Waals surface area contributed by atoms with Gasteiger partial charge >= 0.3 is 5.97 Å². The summed E-state index contributed by atoms with van der Waals surface area (Å²) >= 11 is 0. The van der Waals surface area contributed by atoms with Crippen molar-refractivity contribution in [2.75, 3.05) is 13.2 Å². The van der Waals surface area contributed by atoms with Gasteiger partial charge in [0.25, 0.3) is 5.91 Å². The van der Waals surface area contributed by atoms with Gasteiger partial charge in [0, 0.05) is 12.5 Å². The summed E-state index contributed by atoms with van der Waals surface area (Å²) in [5.74, 6) is -0.613. The molecule has 0 fully saturated rings. The Kier molecular flexibility index (Phi) is 7.82. The normalized spacial score (nSPS) is 11.2. The Morgan fingerprint density at radius 3 is 1.84 bits per heavy atom. The Balaban J connectivity index is 1.50. The van der Waals surface area contributed by atoms with Crippen molar-refractivity contribution >= 4 is 11.9 Å². The van der Waals surface area contributed by atoms with Gasteiger partial charge in [0.1, 0.15) is 0 Å². The van der Waals surface area contributed by atoms with Crippen molar-refractivity contribution in [1.82, 2.24) is 5.32 Å². The molecule has 0 aromatic heterocycles. The summed E-state index contributed by atoms with van der Waals surface area (Å²) in [5, 5.41) is 2.87. The molecular formula is C28H31NO3. The lowest BCUT2D eigenvalue weighted by atomic mass is 9.87. The van der Waals surface area contributed by atoms with Crippen LogP contribution in [0.4, 0.5) is 0 Å². The van der Waals surface area contributed by atoms with Gasteiger partial charge in [-0.1, -0.05) is 93.6 Å². The molecule has 0 aliphatic carbocycles. The molecule has 4 heteroatoms.